The number of hydrogen-bond acceptors (Lipinski definition) is 3. The Bertz CT molecular complexity index is 766. The van der Waals surface area contributed by atoms with Gasteiger partial charge in [-0.2, -0.15) is 0 Å². The number of nitrogens with zero attached hydrogens (tertiary/aromatic N) is 2. The Balaban J connectivity index is 1.95. The molecule has 2 fully saturated rings. The molecule has 1 unspecified atom stereocenters. The number of aliphatic imine (C=N–C) groups is 1. The van der Waals surface area contributed by atoms with Crippen molar-refractivity contribution in [3.8, 4) is 0 Å². The number of fused-ring (bicyclic) bond motifs is 3. The van der Waals surface area contributed by atoms with E-state index in [4.69, 9.17) is 10.7 Å². The van der Waals surface area contributed by atoms with E-state index in [0.29, 0.717) is 31.6 Å². The third-order valence-corrected chi connectivity index (χ3v) is 5.87. The molecular weight excluding hydrogens is 308 g/mol. The molecule has 0 aromatic heterocycles. The Kier molecular flexibility index (Phi) is 3.21. The lowest BCUT2D eigenvalue weighted by Gasteiger charge is -2.36. The van der Waals surface area contributed by atoms with Crippen LogP contribution in [0.1, 0.15) is 55.3 Å². The molecule has 1 aliphatic carbocycles. The Morgan fingerprint density at radius 2 is 2.04 bits per heavy atom. The van der Waals surface area contributed by atoms with Crippen LogP contribution in [0.5, 0.6) is 0 Å². The van der Waals surface area contributed by atoms with Crippen molar-refractivity contribution in [2.45, 2.75) is 51.5 Å². The van der Waals surface area contributed by atoms with Gasteiger partial charge in [-0.15, -0.1) is 0 Å². The lowest BCUT2D eigenvalue weighted by atomic mass is 9.80. The number of rotatable bonds is 1. The molecule has 1 saturated heterocycles. The molecule has 1 spiro atoms. The largest absolute Gasteiger partial charge is 0.329 e. The summed E-state index contributed by atoms with van der Waals surface area (Å²) < 4.78 is 29.5. The molecule has 0 amide bonds. The number of amidine groups is 1. The summed E-state index contributed by atoms with van der Waals surface area (Å²) in [5.41, 5.74) is 9.42. The van der Waals surface area contributed by atoms with Crippen molar-refractivity contribution < 1.29 is 8.78 Å². The molecule has 1 aromatic carbocycles. The van der Waals surface area contributed by atoms with E-state index in [1.165, 1.54) is 0 Å². The van der Waals surface area contributed by atoms with Crippen LogP contribution in [-0.4, -0.2) is 23.2 Å². The lowest BCUT2D eigenvalue weighted by molar-refractivity contribution is -0.0628. The highest BCUT2D eigenvalue weighted by Gasteiger charge is 2.64. The Morgan fingerprint density at radius 3 is 2.67 bits per heavy atom. The summed E-state index contributed by atoms with van der Waals surface area (Å²) >= 11 is 0. The Labute approximate surface area is 141 Å². The van der Waals surface area contributed by atoms with E-state index in [1.54, 1.807) is 0 Å². The zero-order valence-corrected chi connectivity index (χ0v) is 14.2. The number of nitrogens with two attached hydrogens (primary N) is 1. The molecule has 2 N–H and O–H groups in total. The molecule has 1 saturated carbocycles. The average molecular weight is 331 g/mol. The van der Waals surface area contributed by atoms with Crippen LogP contribution < -0.4 is 5.73 Å². The molecule has 3 nitrogen and oxygen atoms in total. The van der Waals surface area contributed by atoms with E-state index in [0.717, 1.165) is 28.1 Å². The topological polar surface area (TPSA) is 41.6 Å². The predicted octanol–water partition coefficient (Wildman–Crippen LogP) is 4.54. The van der Waals surface area contributed by atoms with Gasteiger partial charge >= 0.3 is 0 Å². The first-order valence-corrected chi connectivity index (χ1v) is 8.61. The van der Waals surface area contributed by atoms with Gasteiger partial charge in [-0.3, -0.25) is 0 Å². The summed E-state index contributed by atoms with van der Waals surface area (Å²) in [7, 11) is 0. The van der Waals surface area contributed by atoms with Crippen LogP contribution in [0.15, 0.2) is 23.7 Å². The second-order valence-corrected chi connectivity index (χ2v) is 7.46. The average Bonchev–Trinajstić information content (AvgIpc) is 3.02. The zero-order chi connectivity index (χ0) is 17.3. The van der Waals surface area contributed by atoms with Gasteiger partial charge in [-0.1, -0.05) is 12.6 Å². The summed E-state index contributed by atoms with van der Waals surface area (Å²) in [5, 5.41) is 0. The monoisotopic (exact) mass is 331 g/mol. The van der Waals surface area contributed by atoms with E-state index in [2.05, 4.69) is 6.58 Å². The number of alkyl halides is 2. The second-order valence-electron chi connectivity index (χ2n) is 7.46. The predicted molar refractivity (Wildman–Crippen MR) is 92.5 cm³/mol. The zero-order valence-electron chi connectivity index (χ0n) is 14.2. The molecule has 2 atom stereocenters. The van der Waals surface area contributed by atoms with E-state index in [9.17, 15) is 8.78 Å². The van der Waals surface area contributed by atoms with Crippen LogP contribution in [0.3, 0.4) is 0 Å². The van der Waals surface area contributed by atoms with Crippen LogP contribution in [0, 0.1) is 12.3 Å². The van der Waals surface area contributed by atoms with Crippen LogP contribution in [0.2, 0.25) is 0 Å². The van der Waals surface area contributed by atoms with E-state index >= 15 is 0 Å². The van der Waals surface area contributed by atoms with Crippen molar-refractivity contribution in [1.29, 1.82) is 0 Å². The first-order valence-electron chi connectivity index (χ1n) is 8.61. The first kappa shape index (κ1) is 15.8. The maximum absolute atomic E-state index is 14.7. The van der Waals surface area contributed by atoms with Gasteiger partial charge in [0.15, 0.2) is 0 Å². The number of benzene rings is 1. The van der Waals surface area contributed by atoms with Crippen molar-refractivity contribution in [1.82, 2.24) is 4.90 Å². The van der Waals surface area contributed by atoms with Gasteiger partial charge in [0.2, 0.25) is 0 Å². The summed E-state index contributed by atoms with van der Waals surface area (Å²) in [6, 6.07) is 3.83. The van der Waals surface area contributed by atoms with Crippen LogP contribution >= 0.6 is 0 Å². The highest BCUT2D eigenvalue weighted by molar-refractivity contribution is 6.03. The summed E-state index contributed by atoms with van der Waals surface area (Å²) in [6.07, 6.45) is 1.44. The summed E-state index contributed by atoms with van der Waals surface area (Å²) in [6.45, 7) is 8.68. The maximum atomic E-state index is 14.7. The summed E-state index contributed by atoms with van der Waals surface area (Å²) in [4.78, 5) is 6.68. The van der Waals surface area contributed by atoms with E-state index in [1.807, 2.05) is 30.9 Å². The fraction of sp³-hybridized carbons (Fsp3) is 0.526. The lowest BCUT2D eigenvalue weighted by Crippen LogP contribution is -2.44. The summed E-state index contributed by atoms with van der Waals surface area (Å²) in [5.74, 6) is -2.19. The minimum absolute atomic E-state index is 0.0484. The number of hydrogen-bond donors (Lipinski definition) is 1. The van der Waals surface area contributed by atoms with Crippen molar-refractivity contribution in [3.63, 3.8) is 0 Å². The highest BCUT2D eigenvalue weighted by atomic mass is 19.3. The van der Waals surface area contributed by atoms with Gasteiger partial charge in [0, 0.05) is 30.3 Å². The van der Waals surface area contributed by atoms with Gasteiger partial charge in [0.1, 0.15) is 5.84 Å². The normalized spacial score (nSPS) is 28.8. The standard InChI is InChI=1S/C19H23F2N3/c1-11-9-14(12(2)22)16-15(10-11)13(3)24-8-7-18(17(24)23-16)5-4-6-19(18,20)21/h9-10,12H,3-8,22H2,1-2H3/t12?,18-/m0/s1. The minimum atomic E-state index is -2.70. The molecule has 2 heterocycles. The molecule has 2 aliphatic heterocycles. The van der Waals surface area contributed by atoms with Gasteiger partial charge in [-0.05, 0) is 50.3 Å². The molecular formula is C19H23F2N3. The molecule has 5 heteroatoms. The van der Waals surface area contributed by atoms with Gasteiger partial charge in [0.05, 0.1) is 11.1 Å². The molecule has 0 bridgehead atoms. The van der Waals surface area contributed by atoms with Crippen molar-refractivity contribution in [2.75, 3.05) is 6.54 Å². The van der Waals surface area contributed by atoms with Crippen LogP contribution in [0.4, 0.5) is 14.5 Å². The quantitative estimate of drug-likeness (QED) is 0.821. The molecule has 24 heavy (non-hydrogen) atoms. The number of halogens is 2. The van der Waals surface area contributed by atoms with Crippen LogP contribution in [-0.2, 0) is 0 Å². The molecule has 1 aromatic rings. The van der Waals surface area contributed by atoms with Crippen molar-refractivity contribution in [2.24, 2.45) is 16.1 Å². The van der Waals surface area contributed by atoms with E-state index < -0.39 is 11.3 Å². The fourth-order valence-electron chi connectivity index (χ4n) is 4.58. The van der Waals surface area contributed by atoms with Crippen molar-refractivity contribution >= 4 is 17.2 Å². The number of aryl methyl sites for hydroxylation is 1. The molecule has 3 aliphatic rings. The smallest absolute Gasteiger partial charge is 0.260 e. The third-order valence-electron chi connectivity index (χ3n) is 5.87. The highest BCUT2D eigenvalue weighted by Crippen LogP contribution is 2.59. The van der Waals surface area contributed by atoms with Crippen LogP contribution in [0.25, 0.3) is 5.70 Å². The second kappa shape index (κ2) is 4.88. The maximum Gasteiger partial charge on any atom is 0.260 e. The Hall–Kier alpha value is -1.75. The van der Waals surface area contributed by atoms with Gasteiger partial charge in [0.25, 0.3) is 5.92 Å². The fourth-order valence-corrected chi connectivity index (χ4v) is 4.58. The molecule has 0 radical (unpaired) electrons. The Morgan fingerprint density at radius 1 is 1.29 bits per heavy atom. The third kappa shape index (κ3) is 1.88. The molecule has 128 valence electrons. The minimum Gasteiger partial charge on any atom is -0.329 e. The molecule has 4 rings (SSSR count). The SMILES string of the molecule is C=C1c2cc(C)cc(C(C)N)c2N=C2N1CC[C@@]21CCCC1(F)F. The van der Waals surface area contributed by atoms with Gasteiger partial charge < -0.3 is 10.6 Å². The van der Waals surface area contributed by atoms with Gasteiger partial charge in [-0.25, -0.2) is 13.8 Å². The first-order chi connectivity index (χ1) is 11.3. The van der Waals surface area contributed by atoms with Crippen molar-refractivity contribution in [3.05, 3.63) is 35.4 Å². The van der Waals surface area contributed by atoms with E-state index in [-0.39, 0.29) is 12.5 Å².